The summed E-state index contributed by atoms with van der Waals surface area (Å²) >= 11 is 0. The first-order valence-corrected chi connectivity index (χ1v) is 14.1. The zero-order valence-corrected chi connectivity index (χ0v) is 23.3. The van der Waals surface area contributed by atoms with E-state index in [0.717, 1.165) is 44.8 Å². The molecule has 3 fully saturated rings. The third-order valence-corrected chi connectivity index (χ3v) is 7.59. The molecule has 228 valence electrons. The fraction of sp³-hybridized carbons (Fsp3) is 0.643. The van der Waals surface area contributed by atoms with Crippen LogP contribution in [-0.2, 0) is 19.2 Å². The van der Waals surface area contributed by atoms with Gasteiger partial charge in [-0.25, -0.2) is 4.39 Å². The van der Waals surface area contributed by atoms with E-state index in [1.807, 2.05) is 6.92 Å². The van der Waals surface area contributed by atoms with E-state index in [2.05, 4.69) is 9.80 Å². The molecule has 4 atom stereocenters. The molecule has 1 aromatic carbocycles. The van der Waals surface area contributed by atoms with E-state index in [0.29, 0.717) is 25.3 Å². The summed E-state index contributed by atoms with van der Waals surface area (Å²) in [5, 5.41) is 35.5. The minimum atomic E-state index is -1.08. The van der Waals surface area contributed by atoms with Crippen LogP contribution in [0.3, 0.4) is 0 Å². The number of ether oxygens (including phenoxy) is 1. The number of halogens is 1. The molecule has 1 saturated carbocycles. The highest BCUT2D eigenvalue weighted by Crippen LogP contribution is 2.38. The number of hydrogen-bond acceptors (Lipinski definition) is 9. The molecule has 12 nitrogen and oxygen atoms in total. The Morgan fingerprint density at radius 1 is 0.927 bits per heavy atom. The van der Waals surface area contributed by atoms with Crippen molar-refractivity contribution < 1.29 is 48.7 Å². The molecule has 41 heavy (non-hydrogen) atoms. The maximum absolute atomic E-state index is 13.9. The molecule has 1 aliphatic carbocycles. The van der Waals surface area contributed by atoms with Crippen molar-refractivity contribution in [2.75, 3.05) is 50.8 Å². The van der Waals surface area contributed by atoms with E-state index < -0.39 is 36.0 Å². The second-order valence-corrected chi connectivity index (χ2v) is 10.6. The highest BCUT2D eigenvalue weighted by molar-refractivity contribution is 6.05. The lowest BCUT2D eigenvalue weighted by atomic mass is 9.78. The van der Waals surface area contributed by atoms with E-state index in [4.69, 9.17) is 14.9 Å². The minimum absolute atomic E-state index is 0.152. The monoisotopic (exact) mass is 581 g/mol. The van der Waals surface area contributed by atoms with Crippen molar-refractivity contribution in [3.05, 3.63) is 24.0 Å². The van der Waals surface area contributed by atoms with Crippen molar-refractivity contribution in [2.24, 2.45) is 11.8 Å². The third kappa shape index (κ3) is 8.85. The fourth-order valence-corrected chi connectivity index (χ4v) is 5.39. The highest BCUT2D eigenvalue weighted by atomic mass is 19.1. The molecule has 13 heteroatoms. The van der Waals surface area contributed by atoms with Gasteiger partial charge in [0, 0.05) is 38.8 Å². The van der Waals surface area contributed by atoms with Crippen LogP contribution >= 0.6 is 0 Å². The molecule has 0 aromatic heterocycles. The first kappa shape index (κ1) is 32.2. The van der Waals surface area contributed by atoms with Gasteiger partial charge in [-0.05, 0) is 44.4 Å². The summed E-state index contributed by atoms with van der Waals surface area (Å²) < 4.78 is 19.6. The van der Waals surface area contributed by atoms with Gasteiger partial charge >= 0.3 is 11.9 Å². The van der Waals surface area contributed by atoms with E-state index in [1.165, 1.54) is 17.0 Å². The van der Waals surface area contributed by atoms with Crippen molar-refractivity contribution in [1.29, 1.82) is 0 Å². The zero-order chi connectivity index (χ0) is 30.1. The molecular weight excluding hydrogens is 541 g/mol. The maximum atomic E-state index is 13.9. The number of aliphatic carboxylic acids is 2. The predicted molar refractivity (Wildman–Crippen MR) is 145 cm³/mol. The van der Waals surface area contributed by atoms with E-state index in [1.54, 1.807) is 6.07 Å². The smallest absolute Gasteiger partial charge is 0.303 e. The lowest BCUT2D eigenvalue weighted by molar-refractivity contribution is -0.143. The average molecular weight is 582 g/mol. The van der Waals surface area contributed by atoms with Crippen molar-refractivity contribution in [1.82, 2.24) is 9.80 Å². The molecule has 0 bridgehead atoms. The lowest BCUT2D eigenvalue weighted by Gasteiger charge is -2.37. The molecular formula is C28H40FN3O9. The first-order chi connectivity index (χ1) is 19.5. The third-order valence-electron chi connectivity index (χ3n) is 7.59. The van der Waals surface area contributed by atoms with E-state index in [-0.39, 0.29) is 43.3 Å². The molecule has 4 rings (SSSR count). The van der Waals surface area contributed by atoms with Gasteiger partial charge in [-0.3, -0.25) is 29.0 Å². The van der Waals surface area contributed by atoms with Gasteiger partial charge in [-0.1, -0.05) is 6.92 Å². The Balaban J connectivity index is 0.000000507. The second kappa shape index (κ2) is 15.1. The van der Waals surface area contributed by atoms with Crippen LogP contribution in [0.5, 0.6) is 5.75 Å². The molecule has 2 saturated heterocycles. The SMILES string of the molecule is CCCOc1ccc(F)cc1N1CCN(CCCN2C(=O)C3CC(O)C(O)CC3C2=O)CC1.O=C(O)CCC(=O)O. The number of carboxylic acid groups (broad SMARTS) is 2. The number of rotatable bonds is 11. The number of nitrogens with zero attached hydrogens (tertiary/aromatic N) is 3. The zero-order valence-electron chi connectivity index (χ0n) is 23.3. The Morgan fingerprint density at radius 2 is 1.49 bits per heavy atom. The quantitative estimate of drug-likeness (QED) is 0.277. The number of imide groups is 1. The van der Waals surface area contributed by atoms with Gasteiger partial charge < -0.3 is 30.1 Å². The van der Waals surface area contributed by atoms with Crippen molar-refractivity contribution in [2.45, 2.75) is 57.7 Å². The number of hydrogen-bond donors (Lipinski definition) is 4. The van der Waals surface area contributed by atoms with Gasteiger partial charge in [0.25, 0.3) is 0 Å². The van der Waals surface area contributed by atoms with Crippen LogP contribution in [-0.4, -0.2) is 112 Å². The maximum Gasteiger partial charge on any atom is 0.303 e. The number of fused-ring (bicyclic) bond motifs is 1. The molecule has 3 aliphatic rings. The molecule has 4 unspecified atom stereocenters. The van der Waals surface area contributed by atoms with E-state index in [9.17, 15) is 33.8 Å². The predicted octanol–water partition coefficient (Wildman–Crippen LogP) is 1.18. The molecule has 0 radical (unpaired) electrons. The number of carboxylic acids is 2. The number of amides is 2. The summed E-state index contributed by atoms with van der Waals surface area (Å²) in [6, 6.07) is 4.63. The Bertz CT molecular complexity index is 1040. The number of piperazine rings is 1. The summed E-state index contributed by atoms with van der Waals surface area (Å²) in [6.45, 7) is 6.83. The number of aliphatic hydroxyl groups excluding tert-OH is 2. The summed E-state index contributed by atoms with van der Waals surface area (Å²) in [5.74, 6) is -3.17. The van der Waals surface area contributed by atoms with Crippen molar-refractivity contribution in [3.63, 3.8) is 0 Å². The average Bonchev–Trinajstić information content (AvgIpc) is 3.16. The van der Waals surface area contributed by atoms with Crippen LogP contribution < -0.4 is 9.64 Å². The van der Waals surface area contributed by atoms with Gasteiger partial charge in [-0.15, -0.1) is 0 Å². The summed E-state index contributed by atoms with van der Waals surface area (Å²) in [7, 11) is 0. The first-order valence-electron chi connectivity index (χ1n) is 14.1. The normalized spacial score (nSPS) is 24.5. The molecule has 0 spiro atoms. The van der Waals surface area contributed by atoms with Gasteiger partial charge in [0.15, 0.2) is 0 Å². The lowest BCUT2D eigenvalue weighted by Crippen LogP contribution is -2.47. The molecule has 4 N–H and O–H groups in total. The number of anilines is 1. The Labute approximate surface area is 238 Å². The highest BCUT2D eigenvalue weighted by Gasteiger charge is 2.51. The Hall–Kier alpha value is -3.29. The van der Waals surface area contributed by atoms with Crippen LogP contribution in [0.1, 0.15) is 45.4 Å². The second-order valence-electron chi connectivity index (χ2n) is 10.6. The summed E-state index contributed by atoms with van der Waals surface area (Å²) in [4.78, 5) is 50.4. The number of aliphatic hydroxyl groups is 2. The number of likely N-dealkylation sites (tertiary alicyclic amines) is 1. The van der Waals surface area contributed by atoms with Crippen LogP contribution in [0.4, 0.5) is 10.1 Å². The number of carbonyl (C=O) groups is 4. The van der Waals surface area contributed by atoms with Crippen LogP contribution in [0, 0.1) is 17.7 Å². The van der Waals surface area contributed by atoms with Crippen LogP contribution in [0.2, 0.25) is 0 Å². The van der Waals surface area contributed by atoms with Crippen molar-refractivity contribution in [3.8, 4) is 5.75 Å². The van der Waals surface area contributed by atoms with Crippen LogP contribution in [0.15, 0.2) is 18.2 Å². The minimum Gasteiger partial charge on any atom is -0.491 e. The van der Waals surface area contributed by atoms with Gasteiger partial charge in [0.2, 0.25) is 11.8 Å². The van der Waals surface area contributed by atoms with E-state index >= 15 is 0 Å². The molecule has 2 aliphatic heterocycles. The number of carbonyl (C=O) groups excluding carboxylic acids is 2. The van der Waals surface area contributed by atoms with Gasteiger partial charge in [0.1, 0.15) is 11.6 Å². The van der Waals surface area contributed by atoms with Gasteiger partial charge in [-0.2, -0.15) is 0 Å². The molecule has 2 amide bonds. The summed E-state index contributed by atoms with van der Waals surface area (Å²) in [5.41, 5.74) is 0.781. The van der Waals surface area contributed by atoms with Gasteiger partial charge in [0.05, 0.1) is 49.2 Å². The summed E-state index contributed by atoms with van der Waals surface area (Å²) in [6.07, 6.45) is -0.611. The van der Waals surface area contributed by atoms with Crippen LogP contribution in [0.25, 0.3) is 0 Å². The topological polar surface area (TPSA) is 168 Å². The molecule has 1 aromatic rings. The number of benzene rings is 1. The largest absolute Gasteiger partial charge is 0.491 e. The van der Waals surface area contributed by atoms with Crippen molar-refractivity contribution >= 4 is 29.4 Å². The fourth-order valence-electron chi connectivity index (χ4n) is 5.39. The standard InChI is InChI=1S/C24H34FN3O5.C4H6O4/c1-2-12-33-22-5-4-16(25)13-19(22)27-10-8-26(9-11-27)6-3-7-28-23(31)17-14-20(29)21(30)15-18(17)24(28)32;5-3(6)1-2-4(7)8/h4-5,13,17-18,20-21,29-30H,2-3,6-12,14-15H2,1H3;1-2H2,(H,5,6)(H,7,8). The molecule has 2 heterocycles. The Kier molecular flexibility index (Phi) is 11.9. The Morgan fingerprint density at radius 3 is 2.00 bits per heavy atom.